The van der Waals surface area contributed by atoms with Crippen LogP contribution < -0.4 is 26.9 Å². The quantitative estimate of drug-likeness (QED) is 0.230. The van der Waals surface area contributed by atoms with Gasteiger partial charge in [-0.1, -0.05) is 30.7 Å². The Hall–Kier alpha value is -4.87. The summed E-state index contributed by atoms with van der Waals surface area (Å²) >= 11 is 0. The fourth-order valence-corrected chi connectivity index (χ4v) is 7.20. The van der Waals surface area contributed by atoms with Crippen LogP contribution in [0.15, 0.2) is 67.5 Å². The minimum atomic E-state index is -0.661. The SMILES string of the molecule is CN1CCN(C(=O)c2cn3c4cc5c(=O)c6ccccc6c(=O)c5cc4oc4c(N5CCCCC(N)C5)c(F)cc(c2=O)c43)CC1. The van der Waals surface area contributed by atoms with E-state index in [4.69, 9.17) is 10.2 Å². The van der Waals surface area contributed by atoms with Crippen LogP contribution in [0.5, 0.6) is 0 Å². The van der Waals surface area contributed by atoms with E-state index in [1.807, 2.05) is 11.9 Å². The zero-order valence-electron chi connectivity index (χ0n) is 25.3. The molecule has 4 aromatic carbocycles. The first-order chi connectivity index (χ1) is 22.2. The van der Waals surface area contributed by atoms with E-state index in [0.717, 1.165) is 19.3 Å². The van der Waals surface area contributed by atoms with Gasteiger partial charge in [-0.05, 0) is 38.1 Å². The highest BCUT2D eigenvalue weighted by molar-refractivity contribution is 6.08. The summed E-state index contributed by atoms with van der Waals surface area (Å²) < 4.78 is 24.4. The topological polar surface area (TPSA) is 122 Å². The molecular weight excluding hydrogens is 589 g/mol. The highest BCUT2D eigenvalue weighted by atomic mass is 19.1. The maximum Gasteiger partial charge on any atom is 0.259 e. The third kappa shape index (κ3) is 4.29. The molecule has 46 heavy (non-hydrogen) atoms. The number of carbonyl (C=O) groups is 1. The summed E-state index contributed by atoms with van der Waals surface area (Å²) in [7, 11) is 1.97. The van der Waals surface area contributed by atoms with Gasteiger partial charge in [-0.25, -0.2) is 4.39 Å². The summed E-state index contributed by atoms with van der Waals surface area (Å²) in [5, 5.41) is 0.953. The highest BCUT2D eigenvalue weighted by Crippen LogP contribution is 2.37. The van der Waals surface area contributed by atoms with Gasteiger partial charge in [0.25, 0.3) is 5.91 Å². The average molecular weight is 622 g/mol. The van der Waals surface area contributed by atoms with Gasteiger partial charge in [0.05, 0.1) is 10.9 Å². The summed E-state index contributed by atoms with van der Waals surface area (Å²) in [6.45, 7) is 3.15. The number of fused-ring (bicyclic) bond motifs is 4. The lowest BCUT2D eigenvalue weighted by Gasteiger charge is -2.32. The normalized spacial score (nSPS) is 18.4. The molecule has 6 aromatic rings. The fourth-order valence-electron chi connectivity index (χ4n) is 7.20. The molecule has 2 aliphatic rings. The number of hydrogen-bond donors (Lipinski definition) is 1. The second-order valence-corrected chi connectivity index (χ2v) is 12.6. The third-order valence-corrected chi connectivity index (χ3v) is 9.69. The van der Waals surface area contributed by atoms with Crippen molar-refractivity contribution in [3.63, 3.8) is 0 Å². The van der Waals surface area contributed by atoms with Gasteiger partial charge < -0.3 is 29.3 Å². The molecule has 0 bridgehead atoms. The molecule has 0 spiro atoms. The zero-order chi connectivity index (χ0) is 31.9. The molecule has 1 amide bonds. The number of rotatable bonds is 2. The Morgan fingerprint density at radius 2 is 1.57 bits per heavy atom. The molecule has 0 aliphatic carbocycles. The van der Waals surface area contributed by atoms with Crippen molar-refractivity contribution in [1.29, 1.82) is 0 Å². The first-order valence-electron chi connectivity index (χ1n) is 15.7. The largest absolute Gasteiger partial charge is 0.451 e. The molecule has 1 unspecified atom stereocenters. The highest BCUT2D eigenvalue weighted by Gasteiger charge is 2.29. The van der Waals surface area contributed by atoms with Gasteiger partial charge in [-0.3, -0.25) is 19.2 Å². The van der Waals surface area contributed by atoms with Crippen molar-refractivity contribution in [2.24, 2.45) is 5.73 Å². The van der Waals surface area contributed by atoms with Crippen molar-refractivity contribution in [2.75, 3.05) is 51.2 Å². The first-order valence-corrected chi connectivity index (χ1v) is 15.7. The molecule has 11 heteroatoms. The van der Waals surface area contributed by atoms with Crippen LogP contribution in [0.2, 0.25) is 0 Å². The molecule has 2 saturated heterocycles. The van der Waals surface area contributed by atoms with E-state index in [2.05, 4.69) is 4.90 Å². The van der Waals surface area contributed by atoms with Gasteiger partial charge in [0.1, 0.15) is 16.8 Å². The predicted octanol–water partition coefficient (Wildman–Crippen LogP) is 3.51. The standard InChI is InChI=1S/C35H32FN5O5/c1-38-10-12-39(13-11-38)35(45)25-18-41-27-15-22-23(32(43)21-8-3-2-7-20(21)31(22)42)16-28(27)46-34-29(41)24(33(25)44)14-26(36)30(34)40-9-5-4-6-19(37)17-40/h2-3,7-8,14-16,18-19H,4-6,9-13,17,37H2,1H3. The number of amides is 1. The van der Waals surface area contributed by atoms with Gasteiger partial charge in [0.2, 0.25) is 5.43 Å². The van der Waals surface area contributed by atoms with E-state index >= 15 is 4.39 Å². The second kappa shape index (κ2) is 10.6. The average Bonchev–Trinajstić information content (AvgIpc) is 3.28. The van der Waals surface area contributed by atoms with Crippen molar-refractivity contribution >= 4 is 60.7 Å². The van der Waals surface area contributed by atoms with Gasteiger partial charge in [-0.2, -0.15) is 0 Å². The Morgan fingerprint density at radius 3 is 2.28 bits per heavy atom. The molecule has 2 fully saturated rings. The first kappa shape index (κ1) is 28.6. The van der Waals surface area contributed by atoms with Crippen LogP contribution in [0.25, 0.3) is 49.1 Å². The predicted molar refractivity (Wildman–Crippen MR) is 177 cm³/mol. The molecule has 2 N–H and O–H groups in total. The molecule has 2 aliphatic heterocycles. The minimum absolute atomic E-state index is 0.00790. The van der Waals surface area contributed by atoms with E-state index in [1.165, 1.54) is 18.3 Å². The number of anilines is 1. The van der Waals surface area contributed by atoms with Crippen molar-refractivity contribution in [1.82, 2.24) is 14.2 Å². The molecule has 10 nitrogen and oxygen atoms in total. The Morgan fingerprint density at radius 1 is 0.870 bits per heavy atom. The van der Waals surface area contributed by atoms with Crippen molar-refractivity contribution in [3.8, 4) is 0 Å². The minimum Gasteiger partial charge on any atom is -0.451 e. The summed E-state index contributed by atoms with van der Waals surface area (Å²) in [5.41, 5.74) is 6.17. The maximum atomic E-state index is 16.3. The number of hydrogen-bond acceptors (Lipinski definition) is 8. The molecule has 0 radical (unpaired) electrons. The molecule has 1 atom stereocenters. The van der Waals surface area contributed by atoms with E-state index in [1.54, 1.807) is 39.6 Å². The van der Waals surface area contributed by atoms with Crippen LogP contribution in [0.1, 0.15) is 29.6 Å². The third-order valence-electron chi connectivity index (χ3n) is 9.69. The van der Waals surface area contributed by atoms with Crippen LogP contribution in [0.3, 0.4) is 0 Å². The Labute approximate surface area is 261 Å². The zero-order valence-corrected chi connectivity index (χ0v) is 25.3. The lowest BCUT2D eigenvalue weighted by Crippen LogP contribution is -2.48. The molecule has 2 aromatic heterocycles. The number of nitrogens with two attached hydrogens (primary N) is 1. The number of halogens is 1. The second-order valence-electron chi connectivity index (χ2n) is 12.6. The van der Waals surface area contributed by atoms with Crippen molar-refractivity contribution in [2.45, 2.75) is 25.3 Å². The van der Waals surface area contributed by atoms with E-state index in [9.17, 15) is 19.2 Å². The van der Waals surface area contributed by atoms with Crippen LogP contribution in [-0.4, -0.2) is 72.5 Å². The van der Waals surface area contributed by atoms with Gasteiger partial charge in [0.15, 0.2) is 27.8 Å². The van der Waals surface area contributed by atoms with Gasteiger partial charge in [0, 0.05) is 73.1 Å². The van der Waals surface area contributed by atoms with E-state index < -0.39 is 17.2 Å². The molecule has 4 heterocycles. The van der Waals surface area contributed by atoms with Gasteiger partial charge >= 0.3 is 0 Å². The number of benzene rings is 4. The summed E-state index contributed by atoms with van der Waals surface area (Å²) in [6.07, 6.45) is 3.98. The molecule has 8 rings (SSSR count). The number of likely N-dealkylation sites (N-methyl/N-ethyl adjacent to an activating group) is 1. The summed E-state index contributed by atoms with van der Waals surface area (Å²) in [6, 6.07) is 10.7. The fraction of sp³-hybridized carbons (Fsp3) is 0.314. The number of pyridine rings is 1. The monoisotopic (exact) mass is 621 g/mol. The molecule has 0 saturated carbocycles. The van der Waals surface area contributed by atoms with Crippen molar-refractivity contribution in [3.05, 3.63) is 90.7 Å². The van der Waals surface area contributed by atoms with Crippen molar-refractivity contribution < 1.29 is 13.6 Å². The molecular formula is C35H32FN5O5. The number of carbonyl (C=O) groups excluding carboxylic acids is 1. The Kier molecular flexibility index (Phi) is 6.59. The van der Waals surface area contributed by atoms with E-state index in [-0.39, 0.29) is 61.0 Å². The number of aromatic nitrogens is 1. The molecule has 234 valence electrons. The Balaban J connectivity index is 1.49. The van der Waals surface area contributed by atoms with Crippen LogP contribution >= 0.6 is 0 Å². The van der Waals surface area contributed by atoms with Gasteiger partial charge in [-0.15, -0.1) is 0 Å². The number of nitrogens with zero attached hydrogens (tertiary/aromatic N) is 4. The smallest absolute Gasteiger partial charge is 0.259 e. The van der Waals surface area contributed by atoms with Crippen LogP contribution in [0, 0.1) is 5.82 Å². The maximum absolute atomic E-state index is 16.3. The van der Waals surface area contributed by atoms with Crippen LogP contribution in [0.4, 0.5) is 10.1 Å². The van der Waals surface area contributed by atoms with E-state index in [0.29, 0.717) is 55.6 Å². The van der Waals surface area contributed by atoms with Crippen LogP contribution in [-0.2, 0) is 0 Å². The summed E-state index contributed by atoms with van der Waals surface area (Å²) in [5.74, 6) is -1.11. The lowest BCUT2D eigenvalue weighted by atomic mass is 10.0. The summed E-state index contributed by atoms with van der Waals surface area (Å²) in [4.78, 5) is 60.7. The Bertz CT molecular complexity index is 2410. The lowest BCUT2D eigenvalue weighted by molar-refractivity contribution is 0.0662. The number of piperazine rings is 1.